The number of hydrogen-bond acceptors (Lipinski definition) is 3. The molecule has 104 valence electrons. The number of nitrogens with zero attached hydrogens (tertiary/aromatic N) is 2. The maximum Gasteiger partial charge on any atom is 0.0249 e. The fourth-order valence-electron chi connectivity index (χ4n) is 4.19. The van der Waals surface area contributed by atoms with Crippen LogP contribution in [-0.2, 0) is 0 Å². The molecular formula is C15H29N3. The Morgan fingerprint density at radius 1 is 1.00 bits per heavy atom. The van der Waals surface area contributed by atoms with E-state index in [0.29, 0.717) is 0 Å². The highest BCUT2D eigenvalue weighted by Crippen LogP contribution is 2.28. The highest BCUT2D eigenvalue weighted by Gasteiger charge is 2.37. The van der Waals surface area contributed by atoms with Crippen LogP contribution in [0.2, 0.25) is 0 Å². The lowest BCUT2D eigenvalue weighted by Crippen LogP contribution is -2.52. The molecule has 3 fully saturated rings. The van der Waals surface area contributed by atoms with E-state index in [0.717, 1.165) is 24.2 Å². The third kappa shape index (κ3) is 2.59. The smallest absolute Gasteiger partial charge is 0.0249 e. The quantitative estimate of drug-likeness (QED) is 0.806. The van der Waals surface area contributed by atoms with Crippen molar-refractivity contribution in [2.75, 3.05) is 26.7 Å². The molecule has 3 nitrogen and oxygen atoms in total. The first-order valence-electron chi connectivity index (χ1n) is 7.94. The third-order valence-corrected chi connectivity index (χ3v) is 5.51. The largest absolute Gasteiger partial charge is 0.310 e. The number of nitrogens with one attached hydrogen (secondary N) is 1. The summed E-state index contributed by atoms with van der Waals surface area (Å²) in [5.74, 6) is 0. The van der Waals surface area contributed by atoms with E-state index in [-0.39, 0.29) is 0 Å². The van der Waals surface area contributed by atoms with E-state index in [9.17, 15) is 0 Å². The number of hydrogen-bond donors (Lipinski definition) is 1. The van der Waals surface area contributed by atoms with Crippen molar-refractivity contribution in [2.24, 2.45) is 0 Å². The van der Waals surface area contributed by atoms with Gasteiger partial charge in [-0.2, -0.15) is 0 Å². The Kier molecular flexibility index (Phi) is 3.92. The molecule has 18 heavy (non-hydrogen) atoms. The van der Waals surface area contributed by atoms with Crippen LogP contribution in [0, 0.1) is 0 Å². The molecule has 1 N–H and O–H groups in total. The first-order valence-corrected chi connectivity index (χ1v) is 7.94. The van der Waals surface area contributed by atoms with Gasteiger partial charge in [-0.05, 0) is 59.2 Å². The van der Waals surface area contributed by atoms with E-state index in [1.807, 2.05) is 0 Å². The second-order valence-electron chi connectivity index (χ2n) is 6.71. The Balaban J connectivity index is 1.53. The van der Waals surface area contributed by atoms with Crippen molar-refractivity contribution in [3.63, 3.8) is 0 Å². The summed E-state index contributed by atoms with van der Waals surface area (Å²) >= 11 is 0. The zero-order valence-corrected chi connectivity index (χ0v) is 12.1. The van der Waals surface area contributed by atoms with Gasteiger partial charge in [0.2, 0.25) is 0 Å². The minimum absolute atomic E-state index is 0.750. The summed E-state index contributed by atoms with van der Waals surface area (Å²) in [5, 5.41) is 4.00. The molecule has 0 bridgehead atoms. The summed E-state index contributed by atoms with van der Waals surface area (Å²) in [7, 11) is 2.26. The summed E-state index contributed by atoms with van der Waals surface area (Å²) in [6.07, 6.45) is 8.35. The first kappa shape index (κ1) is 12.9. The first-order chi connectivity index (χ1) is 8.74. The lowest BCUT2D eigenvalue weighted by Gasteiger charge is -2.39. The maximum absolute atomic E-state index is 4.00. The summed E-state index contributed by atoms with van der Waals surface area (Å²) < 4.78 is 0. The standard InChI is InChI=1S/C15H29N3/c1-12-11-13(6-9-17(12)2)16-14-7-10-18-8-4-3-5-15(14)18/h12-16H,3-11H2,1-2H3. The fourth-order valence-corrected chi connectivity index (χ4v) is 4.19. The Labute approximate surface area is 112 Å². The third-order valence-electron chi connectivity index (χ3n) is 5.51. The molecule has 0 aromatic rings. The van der Waals surface area contributed by atoms with Gasteiger partial charge in [0.05, 0.1) is 0 Å². The molecular weight excluding hydrogens is 222 g/mol. The van der Waals surface area contributed by atoms with E-state index in [2.05, 4.69) is 29.1 Å². The normalized spacial score (nSPS) is 43.0. The second-order valence-corrected chi connectivity index (χ2v) is 6.71. The highest BCUT2D eigenvalue weighted by atomic mass is 15.2. The molecule has 3 saturated heterocycles. The Bertz CT molecular complexity index is 281. The van der Waals surface area contributed by atoms with Crippen LogP contribution in [0.3, 0.4) is 0 Å². The van der Waals surface area contributed by atoms with E-state index < -0.39 is 0 Å². The minimum atomic E-state index is 0.750. The minimum Gasteiger partial charge on any atom is -0.310 e. The lowest BCUT2D eigenvalue weighted by molar-refractivity contribution is 0.142. The van der Waals surface area contributed by atoms with E-state index in [4.69, 9.17) is 0 Å². The molecule has 0 radical (unpaired) electrons. The van der Waals surface area contributed by atoms with Crippen LogP contribution in [0.4, 0.5) is 0 Å². The van der Waals surface area contributed by atoms with Crippen LogP contribution >= 0.6 is 0 Å². The van der Waals surface area contributed by atoms with Gasteiger partial charge in [0.25, 0.3) is 0 Å². The van der Waals surface area contributed by atoms with E-state index in [1.165, 1.54) is 58.2 Å². The number of piperidine rings is 2. The molecule has 3 rings (SSSR count). The summed E-state index contributed by atoms with van der Waals surface area (Å²) in [6.45, 7) is 6.33. The molecule has 3 aliphatic heterocycles. The predicted molar refractivity (Wildman–Crippen MR) is 75.9 cm³/mol. The van der Waals surface area contributed by atoms with Gasteiger partial charge < -0.3 is 10.2 Å². The Hall–Kier alpha value is -0.120. The molecule has 4 atom stereocenters. The molecule has 4 unspecified atom stereocenters. The Morgan fingerprint density at radius 2 is 1.89 bits per heavy atom. The van der Waals surface area contributed by atoms with Crippen molar-refractivity contribution in [2.45, 2.75) is 69.6 Å². The highest BCUT2D eigenvalue weighted by molar-refractivity contribution is 4.96. The molecule has 0 amide bonds. The molecule has 0 aromatic heterocycles. The van der Waals surface area contributed by atoms with Crippen LogP contribution in [0.15, 0.2) is 0 Å². The van der Waals surface area contributed by atoms with Crippen molar-refractivity contribution in [3.05, 3.63) is 0 Å². The van der Waals surface area contributed by atoms with Crippen molar-refractivity contribution in [1.29, 1.82) is 0 Å². The van der Waals surface area contributed by atoms with Crippen LogP contribution in [0.1, 0.15) is 45.4 Å². The number of fused-ring (bicyclic) bond motifs is 1. The van der Waals surface area contributed by atoms with Gasteiger partial charge in [-0.15, -0.1) is 0 Å². The second kappa shape index (κ2) is 5.48. The van der Waals surface area contributed by atoms with Crippen molar-refractivity contribution in [1.82, 2.24) is 15.1 Å². The van der Waals surface area contributed by atoms with Crippen molar-refractivity contribution >= 4 is 0 Å². The SMILES string of the molecule is CC1CC(NC2CCN3CCCCC23)CCN1C. The van der Waals surface area contributed by atoms with Crippen molar-refractivity contribution < 1.29 is 0 Å². The van der Waals surface area contributed by atoms with Gasteiger partial charge in [0.15, 0.2) is 0 Å². The summed E-state index contributed by atoms with van der Waals surface area (Å²) in [6, 6.07) is 3.16. The monoisotopic (exact) mass is 251 g/mol. The van der Waals surface area contributed by atoms with Crippen LogP contribution in [0.5, 0.6) is 0 Å². The van der Waals surface area contributed by atoms with Gasteiger partial charge in [0, 0.05) is 30.7 Å². The average molecular weight is 251 g/mol. The molecule has 0 aromatic carbocycles. The number of likely N-dealkylation sites (tertiary alicyclic amines) is 1. The summed E-state index contributed by atoms with van der Waals surface area (Å²) in [4.78, 5) is 5.24. The zero-order valence-electron chi connectivity index (χ0n) is 12.1. The van der Waals surface area contributed by atoms with E-state index >= 15 is 0 Å². The van der Waals surface area contributed by atoms with Crippen molar-refractivity contribution in [3.8, 4) is 0 Å². The van der Waals surface area contributed by atoms with Crippen LogP contribution in [0.25, 0.3) is 0 Å². The van der Waals surface area contributed by atoms with Crippen LogP contribution in [-0.4, -0.2) is 60.6 Å². The number of rotatable bonds is 2. The summed E-state index contributed by atoms with van der Waals surface area (Å²) in [5.41, 5.74) is 0. The fraction of sp³-hybridized carbons (Fsp3) is 1.00. The van der Waals surface area contributed by atoms with E-state index in [1.54, 1.807) is 0 Å². The maximum atomic E-state index is 4.00. The average Bonchev–Trinajstić information content (AvgIpc) is 2.78. The predicted octanol–water partition coefficient (Wildman–Crippen LogP) is 1.69. The van der Waals surface area contributed by atoms with Gasteiger partial charge in [-0.1, -0.05) is 6.42 Å². The zero-order chi connectivity index (χ0) is 12.5. The molecule has 3 aliphatic rings. The van der Waals surface area contributed by atoms with Crippen LogP contribution < -0.4 is 5.32 Å². The molecule has 0 aliphatic carbocycles. The van der Waals surface area contributed by atoms with Gasteiger partial charge >= 0.3 is 0 Å². The topological polar surface area (TPSA) is 18.5 Å². The van der Waals surface area contributed by atoms with Gasteiger partial charge in [-0.3, -0.25) is 4.90 Å². The van der Waals surface area contributed by atoms with Gasteiger partial charge in [-0.25, -0.2) is 0 Å². The lowest BCUT2D eigenvalue weighted by atomic mass is 9.94. The van der Waals surface area contributed by atoms with Gasteiger partial charge in [0.1, 0.15) is 0 Å². The molecule has 0 saturated carbocycles. The molecule has 3 heteroatoms. The Morgan fingerprint density at radius 3 is 2.72 bits per heavy atom. The molecule has 3 heterocycles. The molecule has 0 spiro atoms.